The first kappa shape index (κ1) is 13.6. The number of hydrogen-bond donors (Lipinski definition) is 3. The van der Waals surface area contributed by atoms with Crippen molar-refractivity contribution < 1.29 is 14.6 Å². The lowest BCUT2D eigenvalue weighted by atomic mass is 9.99. The monoisotopic (exact) mass is 238 g/mol. The third kappa shape index (κ3) is 3.49. The fourth-order valence-corrected chi connectivity index (χ4v) is 1.55. The highest BCUT2D eigenvalue weighted by Gasteiger charge is 2.20. The van der Waals surface area contributed by atoms with Crippen LogP contribution in [-0.4, -0.2) is 22.9 Å². The molecule has 4 N–H and O–H groups in total. The van der Waals surface area contributed by atoms with E-state index in [2.05, 4.69) is 0 Å². The lowest BCUT2D eigenvalue weighted by Crippen LogP contribution is -2.22. The van der Waals surface area contributed by atoms with E-state index in [0.29, 0.717) is 5.56 Å². The number of aliphatic hydroxyl groups is 2. The smallest absolute Gasteiger partial charge is 0.129 e. The van der Waals surface area contributed by atoms with E-state index in [4.69, 9.17) is 11.0 Å². The first-order valence-electron chi connectivity index (χ1n) is 5.31. The van der Waals surface area contributed by atoms with Gasteiger partial charge in [-0.05, 0) is 24.6 Å². The van der Waals surface area contributed by atoms with E-state index >= 15 is 0 Å². The Morgan fingerprint density at radius 3 is 2.65 bits per heavy atom. The molecule has 0 saturated heterocycles. The standard InChI is InChI=1S/C12H15FN2O2/c13-10-7-8(3-5-14)1-2-9(10)12(17)11(16)4-6-15/h1-2,7,11-12,16-17H,3-4,6,15H2. The van der Waals surface area contributed by atoms with Gasteiger partial charge < -0.3 is 15.9 Å². The first-order chi connectivity index (χ1) is 8.10. The Morgan fingerprint density at radius 2 is 2.12 bits per heavy atom. The first-order valence-corrected chi connectivity index (χ1v) is 5.31. The van der Waals surface area contributed by atoms with E-state index in [-0.39, 0.29) is 24.9 Å². The topological polar surface area (TPSA) is 90.3 Å². The Labute approximate surface area is 99.1 Å². The molecule has 0 aliphatic rings. The molecule has 2 atom stereocenters. The molecule has 5 heteroatoms. The van der Waals surface area contributed by atoms with Gasteiger partial charge in [0.2, 0.25) is 0 Å². The largest absolute Gasteiger partial charge is 0.390 e. The maximum absolute atomic E-state index is 13.6. The fraction of sp³-hybridized carbons (Fsp3) is 0.417. The van der Waals surface area contributed by atoms with Gasteiger partial charge in [0.25, 0.3) is 0 Å². The quantitative estimate of drug-likeness (QED) is 0.702. The van der Waals surface area contributed by atoms with Crippen LogP contribution in [0.1, 0.15) is 23.7 Å². The van der Waals surface area contributed by atoms with E-state index in [1.807, 2.05) is 6.07 Å². The van der Waals surface area contributed by atoms with Crippen LogP contribution >= 0.6 is 0 Å². The van der Waals surface area contributed by atoms with Gasteiger partial charge in [0.05, 0.1) is 18.6 Å². The molecule has 0 amide bonds. The van der Waals surface area contributed by atoms with Crippen LogP contribution in [0.3, 0.4) is 0 Å². The van der Waals surface area contributed by atoms with Crippen LogP contribution in [0, 0.1) is 17.1 Å². The highest BCUT2D eigenvalue weighted by Crippen LogP contribution is 2.22. The molecule has 17 heavy (non-hydrogen) atoms. The molecule has 0 aliphatic heterocycles. The van der Waals surface area contributed by atoms with Crippen molar-refractivity contribution in [3.05, 3.63) is 35.1 Å². The molecule has 0 saturated carbocycles. The second kappa shape index (κ2) is 6.30. The Kier molecular flexibility index (Phi) is 5.04. The zero-order chi connectivity index (χ0) is 12.8. The molecule has 0 bridgehead atoms. The Bertz CT molecular complexity index is 417. The van der Waals surface area contributed by atoms with E-state index in [9.17, 15) is 14.6 Å². The van der Waals surface area contributed by atoms with Crippen molar-refractivity contribution in [2.45, 2.75) is 25.0 Å². The molecule has 0 radical (unpaired) electrons. The maximum Gasteiger partial charge on any atom is 0.129 e. The summed E-state index contributed by atoms with van der Waals surface area (Å²) in [6, 6.07) is 6.04. The van der Waals surface area contributed by atoms with Gasteiger partial charge in [-0.1, -0.05) is 12.1 Å². The van der Waals surface area contributed by atoms with Gasteiger partial charge in [-0.25, -0.2) is 4.39 Å². The van der Waals surface area contributed by atoms with E-state index in [0.717, 1.165) is 0 Å². The highest BCUT2D eigenvalue weighted by molar-refractivity contribution is 5.28. The molecule has 1 rings (SSSR count). The van der Waals surface area contributed by atoms with Gasteiger partial charge in [-0.15, -0.1) is 0 Å². The zero-order valence-corrected chi connectivity index (χ0v) is 9.31. The summed E-state index contributed by atoms with van der Waals surface area (Å²) in [6.45, 7) is 0.215. The number of rotatable bonds is 5. The van der Waals surface area contributed by atoms with Crippen molar-refractivity contribution in [3.63, 3.8) is 0 Å². The number of benzene rings is 1. The molecule has 4 nitrogen and oxygen atoms in total. The van der Waals surface area contributed by atoms with Crippen molar-refractivity contribution in [1.82, 2.24) is 0 Å². The average molecular weight is 238 g/mol. The van der Waals surface area contributed by atoms with Gasteiger partial charge in [0.1, 0.15) is 11.9 Å². The minimum atomic E-state index is -1.30. The van der Waals surface area contributed by atoms with Gasteiger partial charge in [-0.3, -0.25) is 0 Å². The predicted octanol–water partition coefficient (Wildman–Crippen LogP) is 0.635. The van der Waals surface area contributed by atoms with Crippen molar-refractivity contribution in [2.24, 2.45) is 5.73 Å². The van der Waals surface area contributed by atoms with Crippen LogP contribution < -0.4 is 5.73 Å². The summed E-state index contributed by atoms with van der Waals surface area (Å²) in [6.07, 6.45) is -2.08. The van der Waals surface area contributed by atoms with E-state index in [1.54, 1.807) is 6.07 Å². The van der Waals surface area contributed by atoms with Gasteiger partial charge in [0, 0.05) is 5.56 Å². The van der Waals surface area contributed by atoms with Crippen LogP contribution in [0.15, 0.2) is 18.2 Å². The maximum atomic E-state index is 13.6. The van der Waals surface area contributed by atoms with E-state index < -0.39 is 18.0 Å². The van der Waals surface area contributed by atoms with Crippen LogP contribution in [0.2, 0.25) is 0 Å². The molecule has 0 spiro atoms. The van der Waals surface area contributed by atoms with Gasteiger partial charge >= 0.3 is 0 Å². The molecule has 0 aromatic heterocycles. The molecule has 1 aromatic carbocycles. The Hall–Kier alpha value is -1.48. The number of hydrogen-bond acceptors (Lipinski definition) is 4. The normalized spacial score (nSPS) is 14.1. The third-order valence-electron chi connectivity index (χ3n) is 2.49. The second-order valence-electron chi connectivity index (χ2n) is 3.78. The molecule has 1 aromatic rings. The zero-order valence-electron chi connectivity index (χ0n) is 9.31. The van der Waals surface area contributed by atoms with Crippen LogP contribution in [-0.2, 0) is 6.42 Å². The number of halogens is 1. The van der Waals surface area contributed by atoms with Crippen molar-refractivity contribution >= 4 is 0 Å². The second-order valence-corrected chi connectivity index (χ2v) is 3.78. The molecule has 0 aliphatic carbocycles. The summed E-state index contributed by atoms with van der Waals surface area (Å²) in [7, 11) is 0. The van der Waals surface area contributed by atoms with Crippen LogP contribution in [0.25, 0.3) is 0 Å². The Morgan fingerprint density at radius 1 is 1.41 bits per heavy atom. The Balaban J connectivity index is 2.88. The summed E-state index contributed by atoms with van der Waals surface area (Å²) in [5, 5.41) is 27.7. The minimum Gasteiger partial charge on any atom is -0.390 e. The predicted molar refractivity (Wildman–Crippen MR) is 60.4 cm³/mol. The van der Waals surface area contributed by atoms with Crippen molar-refractivity contribution in [1.29, 1.82) is 5.26 Å². The summed E-state index contributed by atoms with van der Waals surface area (Å²) >= 11 is 0. The molecular formula is C12H15FN2O2. The highest BCUT2D eigenvalue weighted by atomic mass is 19.1. The third-order valence-corrected chi connectivity index (χ3v) is 2.49. The lowest BCUT2D eigenvalue weighted by molar-refractivity contribution is 0.0129. The number of nitrogens with two attached hydrogens (primary N) is 1. The molecule has 92 valence electrons. The fourth-order valence-electron chi connectivity index (χ4n) is 1.55. The summed E-state index contributed by atoms with van der Waals surface area (Å²) in [5.41, 5.74) is 5.80. The number of aliphatic hydroxyl groups excluding tert-OH is 2. The van der Waals surface area contributed by atoms with Gasteiger partial charge in [0.15, 0.2) is 0 Å². The molecule has 2 unspecified atom stereocenters. The van der Waals surface area contributed by atoms with Crippen molar-refractivity contribution in [3.8, 4) is 6.07 Å². The SMILES string of the molecule is N#CCc1ccc(C(O)C(O)CCN)c(F)c1. The molecule has 0 heterocycles. The molecule has 0 fully saturated rings. The molecular weight excluding hydrogens is 223 g/mol. The number of nitrogens with zero attached hydrogens (tertiary/aromatic N) is 1. The van der Waals surface area contributed by atoms with Gasteiger partial charge in [-0.2, -0.15) is 5.26 Å². The number of nitriles is 1. The van der Waals surface area contributed by atoms with Crippen molar-refractivity contribution in [2.75, 3.05) is 6.54 Å². The van der Waals surface area contributed by atoms with Crippen LogP contribution in [0.5, 0.6) is 0 Å². The van der Waals surface area contributed by atoms with Crippen LogP contribution in [0.4, 0.5) is 4.39 Å². The minimum absolute atomic E-state index is 0.0210. The average Bonchev–Trinajstić information content (AvgIpc) is 2.29. The summed E-state index contributed by atoms with van der Waals surface area (Å²) < 4.78 is 13.6. The summed E-state index contributed by atoms with van der Waals surface area (Å²) in [4.78, 5) is 0. The lowest BCUT2D eigenvalue weighted by Gasteiger charge is -2.18. The van der Waals surface area contributed by atoms with E-state index in [1.165, 1.54) is 12.1 Å². The summed E-state index contributed by atoms with van der Waals surface area (Å²) in [5.74, 6) is -0.624.